The topological polar surface area (TPSA) is 59.8 Å². The highest BCUT2D eigenvalue weighted by Gasteiger charge is 2.15. The zero-order chi connectivity index (χ0) is 17.9. The van der Waals surface area contributed by atoms with Crippen molar-refractivity contribution in [3.63, 3.8) is 0 Å². The fraction of sp³-hybridized carbons (Fsp3) is 0.150. The zero-order valence-corrected chi connectivity index (χ0v) is 15.2. The third kappa shape index (κ3) is 3.23. The second-order valence-corrected chi connectivity index (χ2v) is 6.86. The van der Waals surface area contributed by atoms with Crippen molar-refractivity contribution in [1.29, 1.82) is 0 Å². The van der Waals surface area contributed by atoms with Gasteiger partial charge in [-0.15, -0.1) is 11.3 Å². The molecule has 0 aliphatic rings. The molecule has 6 heteroatoms. The van der Waals surface area contributed by atoms with Crippen molar-refractivity contribution in [3.05, 3.63) is 71.4 Å². The predicted octanol–water partition coefficient (Wildman–Crippen LogP) is 3.67. The van der Waals surface area contributed by atoms with E-state index in [2.05, 4.69) is 27.5 Å². The number of aryl methyl sites for hydroxylation is 1. The van der Waals surface area contributed by atoms with Crippen LogP contribution in [0.2, 0.25) is 0 Å². The van der Waals surface area contributed by atoms with Crippen molar-refractivity contribution in [2.75, 3.05) is 6.54 Å². The van der Waals surface area contributed by atoms with Gasteiger partial charge in [0.2, 0.25) is 0 Å². The van der Waals surface area contributed by atoms with Gasteiger partial charge in [0.05, 0.1) is 11.2 Å². The van der Waals surface area contributed by atoms with E-state index >= 15 is 0 Å². The molecule has 26 heavy (non-hydrogen) atoms. The number of nitrogens with zero attached hydrogens (tertiary/aromatic N) is 3. The molecule has 0 aliphatic heterocycles. The number of rotatable bonds is 5. The van der Waals surface area contributed by atoms with E-state index in [0.29, 0.717) is 18.7 Å². The highest BCUT2D eigenvalue weighted by atomic mass is 32.1. The summed E-state index contributed by atoms with van der Waals surface area (Å²) in [4.78, 5) is 17.2. The highest BCUT2D eigenvalue weighted by molar-refractivity contribution is 7.13. The Balaban J connectivity index is 1.41. The van der Waals surface area contributed by atoms with E-state index in [-0.39, 0.29) is 5.91 Å². The Kier molecular flexibility index (Phi) is 4.50. The molecule has 0 atom stereocenters. The molecule has 4 rings (SSSR count). The largest absolute Gasteiger partial charge is 0.350 e. The Morgan fingerprint density at radius 3 is 2.73 bits per heavy atom. The number of fused-ring (bicyclic) bond motifs is 1. The number of thiazole rings is 1. The summed E-state index contributed by atoms with van der Waals surface area (Å²) in [6.45, 7) is 0.538. The van der Waals surface area contributed by atoms with Gasteiger partial charge in [0.15, 0.2) is 0 Å². The molecule has 1 N–H and O–H groups in total. The summed E-state index contributed by atoms with van der Waals surface area (Å²) in [6.07, 6.45) is 0.699. The lowest BCUT2D eigenvalue weighted by Crippen LogP contribution is -2.27. The van der Waals surface area contributed by atoms with Crippen molar-refractivity contribution in [2.45, 2.75) is 6.42 Å². The second-order valence-electron chi connectivity index (χ2n) is 6.01. The lowest BCUT2D eigenvalue weighted by molar-refractivity contribution is 0.0946. The van der Waals surface area contributed by atoms with E-state index in [1.165, 1.54) is 0 Å². The number of hydrogen-bond acceptors (Lipinski definition) is 4. The van der Waals surface area contributed by atoms with E-state index in [4.69, 9.17) is 0 Å². The lowest BCUT2D eigenvalue weighted by Gasteiger charge is -2.05. The average molecular weight is 362 g/mol. The Bertz CT molecular complexity index is 1050. The predicted molar refractivity (Wildman–Crippen MR) is 104 cm³/mol. The molecular weight excluding hydrogens is 344 g/mol. The molecule has 0 bridgehead atoms. The summed E-state index contributed by atoms with van der Waals surface area (Å²) in [5.74, 6) is -0.111. The number of hydrogen-bond donors (Lipinski definition) is 1. The molecule has 2 aromatic carbocycles. The van der Waals surface area contributed by atoms with Crippen LogP contribution in [0.15, 0.2) is 60.0 Å². The first-order valence-corrected chi connectivity index (χ1v) is 9.30. The van der Waals surface area contributed by atoms with Crippen LogP contribution in [0.5, 0.6) is 0 Å². The summed E-state index contributed by atoms with van der Waals surface area (Å²) in [7, 11) is 1.79. The van der Waals surface area contributed by atoms with Gasteiger partial charge in [-0.2, -0.15) is 5.10 Å². The summed E-state index contributed by atoms with van der Waals surface area (Å²) in [5, 5.41) is 11.3. The Morgan fingerprint density at radius 1 is 1.12 bits per heavy atom. The molecule has 5 nitrogen and oxygen atoms in total. The van der Waals surface area contributed by atoms with Gasteiger partial charge in [-0.25, -0.2) is 4.98 Å². The first-order chi connectivity index (χ1) is 12.7. The molecule has 130 valence electrons. The maximum atomic E-state index is 12.6. The highest BCUT2D eigenvalue weighted by Crippen LogP contribution is 2.23. The minimum absolute atomic E-state index is 0.111. The van der Waals surface area contributed by atoms with Gasteiger partial charge < -0.3 is 5.32 Å². The number of amides is 1. The molecule has 1 amide bonds. The van der Waals surface area contributed by atoms with Gasteiger partial charge in [0.1, 0.15) is 10.7 Å². The summed E-state index contributed by atoms with van der Waals surface area (Å²) in [5.41, 5.74) is 3.52. The second kappa shape index (κ2) is 7.09. The zero-order valence-electron chi connectivity index (χ0n) is 14.3. The molecule has 2 heterocycles. The van der Waals surface area contributed by atoms with Crippen LogP contribution >= 0.6 is 11.3 Å². The van der Waals surface area contributed by atoms with Gasteiger partial charge >= 0.3 is 0 Å². The van der Waals surface area contributed by atoms with Gasteiger partial charge in [-0.1, -0.05) is 48.5 Å². The summed E-state index contributed by atoms with van der Waals surface area (Å²) >= 11 is 1.63. The minimum Gasteiger partial charge on any atom is -0.350 e. The van der Waals surface area contributed by atoms with Crippen molar-refractivity contribution < 1.29 is 4.79 Å². The first kappa shape index (κ1) is 16.5. The van der Waals surface area contributed by atoms with E-state index < -0.39 is 0 Å². The fourth-order valence-corrected chi connectivity index (χ4v) is 3.80. The molecule has 0 saturated carbocycles. The molecule has 0 fully saturated rings. The molecule has 2 aromatic heterocycles. The van der Waals surface area contributed by atoms with Gasteiger partial charge in [-0.05, 0) is 6.07 Å². The molecular formula is C20H18N4OS. The number of carbonyl (C=O) groups is 1. The van der Waals surface area contributed by atoms with E-state index in [9.17, 15) is 4.79 Å². The van der Waals surface area contributed by atoms with E-state index in [1.807, 2.05) is 47.8 Å². The SMILES string of the molecule is Cn1nc2ccccc2c1C(=O)NCCc1csc(-c2ccccc2)n1. The monoisotopic (exact) mass is 362 g/mol. The Hall–Kier alpha value is -2.99. The van der Waals surface area contributed by atoms with Crippen LogP contribution in [0.25, 0.3) is 21.5 Å². The smallest absolute Gasteiger partial charge is 0.270 e. The minimum atomic E-state index is -0.111. The van der Waals surface area contributed by atoms with Crippen LogP contribution in [0.1, 0.15) is 16.2 Å². The van der Waals surface area contributed by atoms with Crippen LogP contribution in [0.4, 0.5) is 0 Å². The fourth-order valence-electron chi connectivity index (χ4n) is 2.94. The first-order valence-electron chi connectivity index (χ1n) is 8.42. The number of aromatic nitrogens is 3. The number of nitrogens with one attached hydrogen (secondary N) is 1. The molecule has 4 aromatic rings. The quantitative estimate of drug-likeness (QED) is 0.589. The van der Waals surface area contributed by atoms with Crippen LogP contribution in [0, 0.1) is 0 Å². The van der Waals surface area contributed by atoms with Crippen molar-refractivity contribution in [1.82, 2.24) is 20.1 Å². The molecule has 0 spiro atoms. The summed E-state index contributed by atoms with van der Waals surface area (Å²) in [6, 6.07) is 17.8. The van der Waals surface area contributed by atoms with E-state index in [0.717, 1.165) is 27.2 Å². The maximum Gasteiger partial charge on any atom is 0.270 e. The van der Waals surface area contributed by atoms with Gasteiger partial charge in [0, 0.05) is 36.3 Å². The number of carbonyl (C=O) groups excluding carboxylic acids is 1. The van der Waals surface area contributed by atoms with Crippen molar-refractivity contribution in [3.8, 4) is 10.6 Å². The average Bonchev–Trinajstić information content (AvgIpc) is 3.26. The van der Waals surface area contributed by atoms with Crippen LogP contribution in [0.3, 0.4) is 0 Å². The summed E-state index contributed by atoms with van der Waals surface area (Å²) < 4.78 is 1.64. The van der Waals surface area contributed by atoms with Crippen LogP contribution in [-0.4, -0.2) is 27.2 Å². The standard InChI is InChI=1S/C20H18N4OS/c1-24-18(16-9-5-6-10-17(16)23-24)19(25)21-12-11-15-13-26-20(22-15)14-7-3-2-4-8-14/h2-10,13H,11-12H2,1H3,(H,21,25). The molecule has 0 unspecified atom stereocenters. The van der Waals surface area contributed by atoms with Gasteiger partial charge in [0.25, 0.3) is 5.91 Å². The normalized spacial score (nSPS) is 11.0. The van der Waals surface area contributed by atoms with Crippen LogP contribution < -0.4 is 5.32 Å². The van der Waals surface area contributed by atoms with Crippen LogP contribution in [-0.2, 0) is 13.5 Å². The third-order valence-corrected chi connectivity index (χ3v) is 5.13. The van der Waals surface area contributed by atoms with Crippen molar-refractivity contribution >= 4 is 28.1 Å². The molecule has 0 radical (unpaired) electrons. The Labute approximate surface area is 155 Å². The molecule has 0 aliphatic carbocycles. The Morgan fingerprint density at radius 2 is 1.88 bits per heavy atom. The van der Waals surface area contributed by atoms with Crippen molar-refractivity contribution in [2.24, 2.45) is 7.05 Å². The van der Waals surface area contributed by atoms with Gasteiger partial charge in [-0.3, -0.25) is 9.48 Å². The molecule has 0 saturated heterocycles. The third-order valence-electron chi connectivity index (χ3n) is 4.19. The van der Waals surface area contributed by atoms with E-state index in [1.54, 1.807) is 23.1 Å². The lowest BCUT2D eigenvalue weighted by atomic mass is 10.2. The maximum absolute atomic E-state index is 12.6. The number of benzene rings is 2.